The number of aliphatic carboxylic acids is 1. The summed E-state index contributed by atoms with van der Waals surface area (Å²) in [6.07, 6.45) is 1.79. The molecule has 0 heterocycles. The highest BCUT2D eigenvalue weighted by Crippen LogP contribution is 1.99. The smallest absolute Gasteiger partial charge is 0.320 e. The Morgan fingerprint density at radius 1 is 1.67 bits per heavy atom. The van der Waals surface area contributed by atoms with Crippen LogP contribution in [0.25, 0.3) is 10.4 Å². The van der Waals surface area contributed by atoms with E-state index in [1.54, 1.807) is 0 Å². The molecule has 12 heavy (non-hydrogen) atoms. The number of hydrogen-bond donors (Lipinski definition) is 2. The maximum atomic E-state index is 10.2. The minimum absolute atomic E-state index is 0.406. The van der Waals surface area contributed by atoms with Gasteiger partial charge in [-0.15, -0.1) is 0 Å². The highest BCUT2D eigenvalue weighted by atomic mass is 16.4. The largest absolute Gasteiger partial charge is 0.480 e. The molecule has 0 fully saturated rings. The third-order valence-corrected chi connectivity index (χ3v) is 1.40. The van der Waals surface area contributed by atoms with Crippen LogP contribution in [0.5, 0.6) is 0 Å². The van der Waals surface area contributed by atoms with Crippen molar-refractivity contribution in [3.05, 3.63) is 10.4 Å². The van der Waals surface area contributed by atoms with Crippen LogP contribution in [-0.2, 0) is 4.79 Å². The van der Waals surface area contributed by atoms with Gasteiger partial charge in [-0.25, -0.2) is 0 Å². The fourth-order valence-electron chi connectivity index (χ4n) is 0.715. The molecule has 0 amide bonds. The average molecular weight is 172 g/mol. The van der Waals surface area contributed by atoms with Gasteiger partial charge in [0, 0.05) is 11.5 Å². The second kappa shape index (κ2) is 6.45. The van der Waals surface area contributed by atoms with Crippen LogP contribution in [0.15, 0.2) is 5.11 Å². The summed E-state index contributed by atoms with van der Waals surface area (Å²) in [7, 11) is 0. The molecule has 6 heteroatoms. The van der Waals surface area contributed by atoms with Gasteiger partial charge in [0.2, 0.25) is 0 Å². The molecule has 0 aliphatic rings. The van der Waals surface area contributed by atoms with Crippen molar-refractivity contribution in [2.75, 3.05) is 6.54 Å². The van der Waals surface area contributed by atoms with E-state index in [-0.39, 0.29) is 0 Å². The van der Waals surface area contributed by atoms with Gasteiger partial charge < -0.3 is 10.8 Å². The molecule has 6 nitrogen and oxygen atoms in total. The van der Waals surface area contributed by atoms with Gasteiger partial charge in [-0.3, -0.25) is 4.79 Å². The third-order valence-electron chi connectivity index (χ3n) is 1.40. The zero-order chi connectivity index (χ0) is 9.40. The van der Waals surface area contributed by atoms with Gasteiger partial charge in [0.05, 0.1) is 0 Å². The highest BCUT2D eigenvalue weighted by Gasteiger charge is 2.09. The lowest BCUT2D eigenvalue weighted by atomic mass is 10.1. The van der Waals surface area contributed by atoms with E-state index in [1.807, 2.05) is 0 Å². The van der Waals surface area contributed by atoms with Crippen LogP contribution in [0.3, 0.4) is 0 Å². The van der Waals surface area contributed by atoms with Gasteiger partial charge in [0.25, 0.3) is 0 Å². The first-order valence-electron chi connectivity index (χ1n) is 3.67. The van der Waals surface area contributed by atoms with Crippen LogP contribution < -0.4 is 5.73 Å². The van der Waals surface area contributed by atoms with Gasteiger partial charge in [0.1, 0.15) is 6.04 Å². The van der Waals surface area contributed by atoms with Crippen LogP contribution in [0, 0.1) is 0 Å². The first-order chi connectivity index (χ1) is 5.68. The molecule has 0 aromatic rings. The van der Waals surface area contributed by atoms with Crippen molar-refractivity contribution >= 4 is 5.97 Å². The van der Waals surface area contributed by atoms with Crippen molar-refractivity contribution < 1.29 is 9.90 Å². The lowest BCUT2D eigenvalue weighted by molar-refractivity contribution is -0.138. The summed E-state index contributed by atoms with van der Waals surface area (Å²) < 4.78 is 0. The van der Waals surface area contributed by atoms with Crippen molar-refractivity contribution in [3.63, 3.8) is 0 Å². The van der Waals surface area contributed by atoms with E-state index in [2.05, 4.69) is 10.0 Å². The average Bonchev–Trinajstić information content (AvgIpc) is 2.03. The van der Waals surface area contributed by atoms with Gasteiger partial charge in [0.15, 0.2) is 0 Å². The number of azide groups is 1. The van der Waals surface area contributed by atoms with E-state index < -0.39 is 12.0 Å². The Bertz CT molecular complexity index is 188. The fourth-order valence-corrected chi connectivity index (χ4v) is 0.715. The summed E-state index contributed by atoms with van der Waals surface area (Å²) in [5.41, 5.74) is 13.1. The van der Waals surface area contributed by atoms with Crippen LogP contribution in [0.4, 0.5) is 0 Å². The lowest BCUT2D eigenvalue weighted by Gasteiger charge is -2.03. The first-order valence-corrected chi connectivity index (χ1v) is 3.67. The summed E-state index contributed by atoms with van der Waals surface area (Å²) >= 11 is 0. The predicted molar refractivity (Wildman–Crippen MR) is 43.5 cm³/mol. The summed E-state index contributed by atoms with van der Waals surface area (Å²) in [4.78, 5) is 12.8. The van der Waals surface area contributed by atoms with Gasteiger partial charge in [-0.1, -0.05) is 11.5 Å². The van der Waals surface area contributed by atoms with Gasteiger partial charge in [-0.05, 0) is 18.4 Å². The second-order valence-corrected chi connectivity index (χ2v) is 2.39. The molecule has 0 aliphatic carbocycles. The van der Waals surface area contributed by atoms with E-state index in [9.17, 15) is 4.79 Å². The van der Waals surface area contributed by atoms with Crippen molar-refractivity contribution in [2.24, 2.45) is 10.8 Å². The quantitative estimate of drug-likeness (QED) is 0.268. The van der Waals surface area contributed by atoms with E-state index >= 15 is 0 Å². The standard InChI is InChI=1S/C6H12N4O2/c7-5(6(11)12)3-1-2-4-9-10-8/h5H,1-4,7H2,(H,11,12)/t5-/m1/s1. The van der Waals surface area contributed by atoms with Crippen LogP contribution in [0.1, 0.15) is 19.3 Å². The zero-order valence-corrected chi connectivity index (χ0v) is 6.68. The van der Waals surface area contributed by atoms with E-state index in [0.717, 1.165) is 0 Å². The highest BCUT2D eigenvalue weighted by molar-refractivity contribution is 5.72. The number of unbranched alkanes of at least 4 members (excludes halogenated alkanes) is 1. The van der Waals surface area contributed by atoms with Crippen LogP contribution >= 0.6 is 0 Å². The third kappa shape index (κ3) is 5.52. The lowest BCUT2D eigenvalue weighted by Crippen LogP contribution is -2.29. The molecule has 1 atom stereocenters. The second-order valence-electron chi connectivity index (χ2n) is 2.39. The summed E-state index contributed by atoms with van der Waals surface area (Å²) in [6, 6.07) is -0.795. The van der Waals surface area contributed by atoms with Crippen molar-refractivity contribution in [3.8, 4) is 0 Å². The Morgan fingerprint density at radius 2 is 2.33 bits per heavy atom. The minimum Gasteiger partial charge on any atom is -0.480 e. The minimum atomic E-state index is -0.987. The molecule has 0 aromatic heterocycles. The number of nitrogens with two attached hydrogens (primary N) is 1. The fraction of sp³-hybridized carbons (Fsp3) is 0.833. The summed E-state index contributed by atoms with van der Waals surface area (Å²) in [5.74, 6) is -0.987. The Kier molecular flexibility index (Phi) is 5.77. The molecule has 0 saturated carbocycles. The Labute approximate surface area is 70.0 Å². The number of carboxylic acid groups (broad SMARTS) is 1. The van der Waals surface area contributed by atoms with Crippen molar-refractivity contribution in [2.45, 2.75) is 25.3 Å². The molecule has 0 unspecified atom stereocenters. The molecule has 0 radical (unpaired) electrons. The SMILES string of the molecule is [N-]=[N+]=NCCCC[C@@H](N)C(=O)O. The Hall–Kier alpha value is -1.26. The monoisotopic (exact) mass is 172 g/mol. The summed E-state index contributed by atoms with van der Waals surface area (Å²) in [5, 5.41) is 11.7. The molecule has 0 saturated heterocycles. The maximum Gasteiger partial charge on any atom is 0.320 e. The van der Waals surface area contributed by atoms with Gasteiger partial charge in [-0.2, -0.15) is 0 Å². The van der Waals surface area contributed by atoms with E-state index in [4.69, 9.17) is 16.4 Å². The molecular weight excluding hydrogens is 160 g/mol. The van der Waals surface area contributed by atoms with Crippen LogP contribution in [-0.4, -0.2) is 23.7 Å². The Morgan fingerprint density at radius 3 is 2.83 bits per heavy atom. The maximum absolute atomic E-state index is 10.2. The molecule has 0 rings (SSSR count). The van der Waals surface area contributed by atoms with Crippen molar-refractivity contribution in [1.29, 1.82) is 0 Å². The zero-order valence-electron chi connectivity index (χ0n) is 6.68. The first kappa shape index (κ1) is 10.7. The molecular formula is C6H12N4O2. The summed E-state index contributed by atoms with van der Waals surface area (Å²) in [6.45, 7) is 0.406. The predicted octanol–water partition coefficient (Wildman–Crippen LogP) is 0.879. The number of carbonyl (C=O) groups is 1. The molecule has 0 bridgehead atoms. The number of carboxylic acids is 1. The normalized spacial score (nSPS) is 11.8. The van der Waals surface area contributed by atoms with Crippen molar-refractivity contribution in [1.82, 2.24) is 0 Å². The van der Waals surface area contributed by atoms with Gasteiger partial charge >= 0.3 is 5.97 Å². The molecule has 0 aliphatic heterocycles. The number of rotatable bonds is 6. The molecule has 3 N–H and O–H groups in total. The molecule has 68 valence electrons. The topological polar surface area (TPSA) is 112 Å². The molecule has 0 aromatic carbocycles. The number of nitrogens with zero attached hydrogens (tertiary/aromatic N) is 3. The number of hydrogen-bond acceptors (Lipinski definition) is 3. The van der Waals surface area contributed by atoms with E-state index in [0.29, 0.717) is 25.8 Å². The van der Waals surface area contributed by atoms with E-state index in [1.165, 1.54) is 0 Å². The van der Waals surface area contributed by atoms with Crippen LogP contribution in [0.2, 0.25) is 0 Å². The molecule has 0 spiro atoms. The Balaban J connectivity index is 3.31.